The molecule has 3 heteroatoms. The summed E-state index contributed by atoms with van der Waals surface area (Å²) in [6.45, 7) is 2.01. The molecule has 3 rings (SSSR count). The van der Waals surface area contributed by atoms with Gasteiger partial charge in [-0.15, -0.1) is 0 Å². The number of hydrogen-bond acceptors (Lipinski definition) is 3. The molecule has 2 aliphatic carbocycles. The summed E-state index contributed by atoms with van der Waals surface area (Å²) in [7, 11) is 0. The molecule has 0 bridgehead atoms. The second kappa shape index (κ2) is 4.35. The van der Waals surface area contributed by atoms with Crippen LogP contribution in [0.25, 0.3) is 5.57 Å². The Labute approximate surface area is 112 Å². The summed E-state index contributed by atoms with van der Waals surface area (Å²) in [5.41, 5.74) is 1.72. The van der Waals surface area contributed by atoms with Crippen molar-refractivity contribution >= 4 is 11.5 Å². The van der Waals surface area contributed by atoms with Crippen LogP contribution in [0.3, 0.4) is 0 Å². The smallest absolute Gasteiger partial charge is 0.347 e. The Hall–Kier alpha value is -1.87. The monoisotopic (exact) mass is 256 g/mol. The van der Waals surface area contributed by atoms with Crippen LogP contribution in [0.5, 0.6) is 0 Å². The normalized spacial score (nSPS) is 24.1. The molecule has 1 atom stereocenters. The average Bonchev–Trinajstić information content (AvgIpc) is 2.72. The predicted octanol–water partition coefficient (Wildman–Crippen LogP) is 2.55. The molecular weight excluding hydrogens is 240 g/mol. The van der Waals surface area contributed by atoms with Gasteiger partial charge in [-0.2, -0.15) is 0 Å². The van der Waals surface area contributed by atoms with E-state index in [0.717, 1.165) is 23.1 Å². The Morgan fingerprint density at radius 2 is 2.21 bits per heavy atom. The lowest BCUT2D eigenvalue weighted by Gasteiger charge is -2.26. The van der Waals surface area contributed by atoms with E-state index in [4.69, 9.17) is 4.74 Å². The minimum Gasteiger partial charge on any atom is -0.463 e. The van der Waals surface area contributed by atoms with Gasteiger partial charge in [0.1, 0.15) is 0 Å². The van der Waals surface area contributed by atoms with Crippen molar-refractivity contribution in [1.29, 1.82) is 0 Å². The van der Waals surface area contributed by atoms with E-state index in [1.165, 1.54) is 0 Å². The standard InChI is InChI=1S/C16H16O3/c1-2-19-15(17)16(18)13-9-5-3-7-11(13)12-8-4-6-10-14(12)16/h3-5,7-9,18H,2,6,10H2,1H3. The van der Waals surface area contributed by atoms with E-state index in [-0.39, 0.29) is 6.61 Å². The first-order valence-corrected chi connectivity index (χ1v) is 6.59. The van der Waals surface area contributed by atoms with E-state index in [1.54, 1.807) is 13.0 Å². The number of fused-ring (bicyclic) bond motifs is 2. The fraction of sp³-hybridized carbons (Fsp3) is 0.312. The zero-order valence-electron chi connectivity index (χ0n) is 10.8. The van der Waals surface area contributed by atoms with Crippen LogP contribution in [-0.2, 0) is 15.1 Å². The molecule has 0 spiro atoms. The lowest BCUT2D eigenvalue weighted by Crippen LogP contribution is -2.38. The van der Waals surface area contributed by atoms with Crippen molar-refractivity contribution < 1.29 is 14.6 Å². The third-order valence-electron chi connectivity index (χ3n) is 3.79. The molecule has 0 fully saturated rings. The largest absolute Gasteiger partial charge is 0.463 e. The molecule has 2 aliphatic rings. The van der Waals surface area contributed by atoms with Crippen molar-refractivity contribution in [2.24, 2.45) is 0 Å². The Balaban J connectivity index is 2.21. The number of benzene rings is 1. The number of carbonyl (C=O) groups excluding carboxylic acids is 1. The third-order valence-corrected chi connectivity index (χ3v) is 3.79. The van der Waals surface area contributed by atoms with E-state index in [2.05, 4.69) is 6.08 Å². The number of aliphatic hydroxyl groups is 1. The Morgan fingerprint density at radius 3 is 3.00 bits per heavy atom. The van der Waals surface area contributed by atoms with E-state index < -0.39 is 11.6 Å². The molecule has 1 aromatic rings. The summed E-state index contributed by atoms with van der Waals surface area (Å²) in [4.78, 5) is 12.3. The van der Waals surface area contributed by atoms with Crippen molar-refractivity contribution in [2.45, 2.75) is 25.4 Å². The van der Waals surface area contributed by atoms with Gasteiger partial charge in [0.25, 0.3) is 0 Å². The molecule has 19 heavy (non-hydrogen) atoms. The van der Waals surface area contributed by atoms with Gasteiger partial charge >= 0.3 is 5.97 Å². The van der Waals surface area contributed by atoms with Gasteiger partial charge in [0.15, 0.2) is 0 Å². The van der Waals surface area contributed by atoms with Gasteiger partial charge in [0.2, 0.25) is 5.60 Å². The van der Waals surface area contributed by atoms with Gasteiger partial charge in [-0.1, -0.05) is 36.4 Å². The van der Waals surface area contributed by atoms with Gasteiger partial charge < -0.3 is 9.84 Å². The lowest BCUT2D eigenvalue weighted by atomic mass is 9.86. The topological polar surface area (TPSA) is 46.5 Å². The van der Waals surface area contributed by atoms with Gasteiger partial charge in [-0.25, -0.2) is 4.79 Å². The highest BCUT2D eigenvalue weighted by molar-refractivity contribution is 5.98. The third kappa shape index (κ3) is 1.58. The molecule has 1 N–H and O–H groups in total. The fourth-order valence-electron chi connectivity index (χ4n) is 2.96. The van der Waals surface area contributed by atoms with E-state index in [1.807, 2.05) is 24.3 Å². The molecule has 0 saturated heterocycles. The van der Waals surface area contributed by atoms with Crippen molar-refractivity contribution in [3.8, 4) is 0 Å². The minimum atomic E-state index is -1.60. The maximum Gasteiger partial charge on any atom is 0.347 e. The zero-order chi connectivity index (χ0) is 13.5. The molecule has 0 radical (unpaired) electrons. The molecule has 0 aromatic heterocycles. The van der Waals surface area contributed by atoms with Crippen molar-refractivity contribution in [2.75, 3.05) is 6.61 Å². The molecule has 3 nitrogen and oxygen atoms in total. The first-order chi connectivity index (χ1) is 9.19. The Kier molecular flexibility index (Phi) is 2.79. The number of allylic oxidation sites excluding steroid dienone is 3. The summed E-state index contributed by atoms with van der Waals surface area (Å²) < 4.78 is 5.09. The molecule has 1 aromatic carbocycles. The number of hydrogen-bond donors (Lipinski definition) is 1. The van der Waals surface area contributed by atoms with Gasteiger partial charge in [-0.3, -0.25) is 0 Å². The van der Waals surface area contributed by atoms with E-state index in [9.17, 15) is 9.90 Å². The SMILES string of the molecule is CCOC(=O)C1(O)C2=C(C=CCC2)c2ccccc21. The van der Waals surface area contributed by atoms with Crippen LogP contribution in [0.1, 0.15) is 30.9 Å². The van der Waals surface area contributed by atoms with Crippen LogP contribution >= 0.6 is 0 Å². The Bertz CT molecular complexity index is 598. The van der Waals surface area contributed by atoms with Crippen LogP contribution in [0.15, 0.2) is 42.0 Å². The maximum atomic E-state index is 12.3. The number of ether oxygens (including phenoxy) is 1. The summed E-state index contributed by atoms with van der Waals surface area (Å²) >= 11 is 0. The summed E-state index contributed by atoms with van der Waals surface area (Å²) in [6, 6.07) is 7.50. The predicted molar refractivity (Wildman–Crippen MR) is 72.3 cm³/mol. The lowest BCUT2D eigenvalue weighted by molar-refractivity contribution is -0.161. The van der Waals surface area contributed by atoms with Crippen LogP contribution in [0.4, 0.5) is 0 Å². The second-order valence-electron chi connectivity index (χ2n) is 4.81. The highest BCUT2D eigenvalue weighted by Gasteiger charge is 2.50. The summed E-state index contributed by atoms with van der Waals surface area (Å²) in [6.07, 6.45) is 5.60. The first kappa shape index (κ1) is 12.2. The zero-order valence-corrected chi connectivity index (χ0v) is 10.8. The van der Waals surface area contributed by atoms with Crippen molar-refractivity contribution in [3.05, 3.63) is 53.1 Å². The second-order valence-corrected chi connectivity index (χ2v) is 4.81. The van der Waals surface area contributed by atoms with Gasteiger partial charge in [0, 0.05) is 5.56 Å². The molecule has 0 saturated carbocycles. The van der Waals surface area contributed by atoms with Crippen LogP contribution in [0.2, 0.25) is 0 Å². The van der Waals surface area contributed by atoms with Crippen molar-refractivity contribution in [3.63, 3.8) is 0 Å². The van der Waals surface area contributed by atoms with Gasteiger partial charge in [0.05, 0.1) is 6.61 Å². The first-order valence-electron chi connectivity index (χ1n) is 6.59. The van der Waals surface area contributed by atoms with Crippen LogP contribution in [0, 0.1) is 0 Å². The highest BCUT2D eigenvalue weighted by atomic mass is 16.5. The fourth-order valence-corrected chi connectivity index (χ4v) is 2.96. The van der Waals surface area contributed by atoms with Crippen LogP contribution < -0.4 is 0 Å². The summed E-state index contributed by atoms with van der Waals surface area (Å²) in [5, 5.41) is 11.0. The molecule has 0 amide bonds. The molecule has 98 valence electrons. The van der Waals surface area contributed by atoms with Crippen LogP contribution in [-0.4, -0.2) is 17.7 Å². The average molecular weight is 256 g/mol. The number of esters is 1. The van der Waals surface area contributed by atoms with Crippen molar-refractivity contribution in [1.82, 2.24) is 0 Å². The highest BCUT2D eigenvalue weighted by Crippen LogP contribution is 2.49. The van der Waals surface area contributed by atoms with E-state index in [0.29, 0.717) is 12.0 Å². The molecule has 0 heterocycles. The quantitative estimate of drug-likeness (QED) is 0.827. The minimum absolute atomic E-state index is 0.266. The molecular formula is C16H16O3. The Morgan fingerprint density at radius 1 is 1.42 bits per heavy atom. The number of rotatable bonds is 2. The molecule has 0 aliphatic heterocycles. The number of carbonyl (C=O) groups is 1. The van der Waals surface area contributed by atoms with Gasteiger partial charge in [-0.05, 0) is 36.5 Å². The maximum absolute atomic E-state index is 12.3. The summed E-state index contributed by atoms with van der Waals surface area (Å²) in [5.74, 6) is -0.567. The molecule has 1 unspecified atom stereocenters. The van der Waals surface area contributed by atoms with E-state index >= 15 is 0 Å².